The van der Waals surface area contributed by atoms with Crippen molar-refractivity contribution in [1.29, 1.82) is 0 Å². The lowest BCUT2D eigenvalue weighted by molar-refractivity contribution is -0.132. The maximum atomic E-state index is 13.3. The van der Waals surface area contributed by atoms with E-state index >= 15 is 0 Å². The first-order chi connectivity index (χ1) is 15.8. The summed E-state index contributed by atoms with van der Waals surface area (Å²) in [6, 6.07) is 21.3. The fourth-order valence-electron chi connectivity index (χ4n) is 4.18. The number of carbonyl (C=O) groups excluding carboxylic acids is 2. The van der Waals surface area contributed by atoms with Gasteiger partial charge in [0.15, 0.2) is 0 Å². The Balaban J connectivity index is 1.89. The molecule has 0 spiro atoms. The zero-order valence-corrected chi connectivity index (χ0v) is 19.2. The van der Waals surface area contributed by atoms with Gasteiger partial charge >= 0.3 is 0 Å². The average molecular weight is 442 g/mol. The highest BCUT2D eigenvalue weighted by Gasteiger charge is 2.47. The summed E-state index contributed by atoms with van der Waals surface area (Å²) in [5, 5.41) is 11.2. The van der Waals surface area contributed by atoms with Crippen LogP contribution >= 0.6 is 0 Å². The number of aryl methyl sites for hydroxylation is 1. The molecule has 0 aliphatic carbocycles. The Morgan fingerprint density at radius 2 is 1.64 bits per heavy atom. The molecule has 1 N–H and O–H groups in total. The van der Waals surface area contributed by atoms with Crippen LogP contribution in [0.25, 0.3) is 5.76 Å². The first-order valence-electron chi connectivity index (χ1n) is 10.9. The Morgan fingerprint density at radius 3 is 2.21 bits per heavy atom. The predicted octanol–water partition coefficient (Wildman–Crippen LogP) is 5.75. The Hall–Kier alpha value is -3.86. The van der Waals surface area contributed by atoms with Gasteiger partial charge < -0.3 is 9.84 Å². The Kier molecular flexibility index (Phi) is 6.05. The lowest BCUT2D eigenvalue weighted by Gasteiger charge is -2.26. The number of nitrogens with zero attached hydrogens (tertiary/aromatic N) is 1. The highest BCUT2D eigenvalue weighted by Crippen LogP contribution is 2.42. The van der Waals surface area contributed by atoms with Gasteiger partial charge in [-0.2, -0.15) is 0 Å². The van der Waals surface area contributed by atoms with Gasteiger partial charge in [0.1, 0.15) is 11.5 Å². The Labute approximate surface area is 193 Å². The molecule has 1 aliphatic heterocycles. The molecule has 168 valence electrons. The van der Waals surface area contributed by atoms with Gasteiger partial charge in [-0.25, -0.2) is 0 Å². The molecule has 1 atom stereocenters. The van der Waals surface area contributed by atoms with E-state index in [9.17, 15) is 14.7 Å². The van der Waals surface area contributed by atoms with Crippen molar-refractivity contribution in [1.82, 2.24) is 0 Å². The SMILES string of the molecule is COc1ccc(/C(O)=C2/C(=O)C(=O)N(c3ccc(C(C)C)cc3)C2c2cccc(C)c2)cc1. The summed E-state index contributed by atoms with van der Waals surface area (Å²) in [5.74, 6) is -0.593. The smallest absolute Gasteiger partial charge is 0.300 e. The molecule has 4 rings (SSSR count). The van der Waals surface area contributed by atoms with E-state index in [0.717, 1.165) is 16.7 Å². The summed E-state index contributed by atoms with van der Waals surface area (Å²) in [7, 11) is 1.56. The van der Waals surface area contributed by atoms with Crippen LogP contribution in [-0.2, 0) is 9.59 Å². The number of Topliss-reactive ketones (excluding diaryl/α,β-unsaturated/α-hetero) is 1. The van der Waals surface area contributed by atoms with E-state index in [2.05, 4.69) is 13.8 Å². The molecular weight excluding hydrogens is 414 g/mol. The van der Waals surface area contributed by atoms with Gasteiger partial charge in [0.05, 0.1) is 18.7 Å². The van der Waals surface area contributed by atoms with Gasteiger partial charge in [-0.05, 0) is 60.4 Å². The second-order valence-electron chi connectivity index (χ2n) is 8.56. The molecule has 1 unspecified atom stereocenters. The van der Waals surface area contributed by atoms with Crippen molar-refractivity contribution in [2.45, 2.75) is 32.7 Å². The first kappa shape index (κ1) is 22.3. The molecule has 0 radical (unpaired) electrons. The minimum atomic E-state index is -0.739. The molecule has 5 heteroatoms. The van der Waals surface area contributed by atoms with Crippen LogP contribution in [0.3, 0.4) is 0 Å². The molecule has 1 amide bonds. The van der Waals surface area contributed by atoms with Crippen LogP contribution in [0.5, 0.6) is 5.75 Å². The summed E-state index contributed by atoms with van der Waals surface area (Å²) < 4.78 is 5.19. The van der Waals surface area contributed by atoms with Gasteiger partial charge in [0.2, 0.25) is 0 Å². The van der Waals surface area contributed by atoms with Crippen LogP contribution in [-0.4, -0.2) is 23.9 Å². The van der Waals surface area contributed by atoms with Crippen molar-refractivity contribution >= 4 is 23.1 Å². The third kappa shape index (κ3) is 4.14. The van der Waals surface area contributed by atoms with Crippen LogP contribution in [0.2, 0.25) is 0 Å². The summed E-state index contributed by atoms with van der Waals surface area (Å²) in [5.41, 5.74) is 4.03. The Bertz CT molecular complexity index is 1220. The number of hydrogen-bond donors (Lipinski definition) is 1. The standard InChI is InChI=1S/C28H27NO4/c1-17(2)19-8-12-22(13-9-19)29-25(21-7-5-6-18(3)16-21)24(27(31)28(29)32)26(30)20-10-14-23(33-4)15-11-20/h5-17,25,30H,1-4H3/b26-24-. The molecule has 1 heterocycles. The van der Waals surface area contributed by atoms with Gasteiger partial charge in [-0.1, -0.05) is 55.8 Å². The van der Waals surface area contributed by atoms with Crippen LogP contribution in [0.15, 0.2) is 78.4 Å². The quantitative estimate of drug-likeness (QED) is 0.311. The number of benzene rings is 3. The van der Waals surface area contributed by atoms with Crippen LogP contribution < -0.4 is 9.64 Å². The number of aliphatic hydroxyl groups excluding tert-OH is 1. The number of anilines is 1. The molecule has 1 fully saturated rings. The van der Waals surface area contributed by atoms with E-state index in [4.69, 9.17) is 4.74 Å². The predicted molar refractivity (Wildman–Crippen MR) is 129 cm³/mol. The summed E-state index contributed by atoms with van der Waals surface area (Å²) in [6.07, 6.45) is 0. The fraction of sp³-hybridized carbons (Fsp3) is 0.214. The number of ketones is 1. The molecule has 0 saturated carbocycles. The lowest BCUT2D eigenvalue weighted by atomic mass is 9.94. The van der Waals surface area contributed by atoms with Crippen molar-refractivity contribution in [2.75, 3.05) is 12.0 Å². The highest BCUT2D eigenvalue weighted by atomic mass is 16.5. The number of aliphatic hydroxyl groups is 1. The van der Waals surface area contributed by atoms with Crippen molar-refractivity contribution in [2.24, 2.45) is 0 Å². The zero-order valence-electron chi connectivity index (χ0n) is 19.2. The lowest BCUT2D eigenvalue weighted by Crippen LogP contribution is -2.29. The van der Waals surface area contributed by atoms with Crippen LogP contribution in [0.1, 0.15) is 48.1 Å². The number of rotatable bonds is 5. The molecule has 0 bridgehead atoms. The molecule has 3 aromatic rings. The van der Waals surface area contributed by atoms with E-state index in [1.807, 2.05) is 55.5 Å². The normalized spacial score (nSPS) is 17.6. The molecule has 5 nitrogen and oxygen atoms in total. The van der Waals surface area contributed by atoms with Crippen LogP contribution in [0, 0.1) is 6.92 Å². The number of amides is 1. The molecule has 1 saturated heterocycles. The van der Waals surface area contributed by atoms with Crippen molar-refractivity contribution in [3.63, 3.8) is 0 Å². The second kappa shape index (κ2) is 8.94. The monoisotopic (exact) mass is 441 g/mol. The van der Waals surface area contributed by atoms with Crippen molar-refractivity contribution in [3.8, 4) is 5.75 Å². The minimum absolute atomic E-state index is 0.0729. The highest BCUT2D eigenvalue weighted by molar-refractivity contribution is 6.51. The van der Waals surface area contributed by atoms with Gasteiger partial charge in [0.25, 0.3) is 11.7 Å². The van der Waals surface area contributed by atoms with Gasteiger partial charge in [0, 0.05) is 11.3 Å². The summed E-state index contributed by atoms with van der Waals surface area (Å²) in [6.45, 7) is 6.15. The molecule has 3 aromatic carbocycles. The third-order valence-electron chi connectivity index (χ3n) is 6.00. The number of methoxy groups -OCH3 is 1. The van der Waals surface area contributed by atoms with E-state index < -0.39 is 17.7 Å². The molecule has 33 heavy (non-hydrogen) atoms. The van der Waals surface area contributed by atoms with Crippen molar-refractivity contribution in [3.05, 3.63) is 101 Å². The first-order valence-corrected chi connectivity index (χ1v) is 10.9. The average Bonchev–Trinajstić information content (AvgIpc) is 3.09. The maximum Gasteiger partial charge on any atom is 0.300 e. The third-order valence-corrected chi connectivity index (χ3v) is 6.00. The molecular formula is C28H27NO4. The second-order valence-corrected chi connectivity index (χ2v) is 8.56. The topological polar surface area (TPSA) is 66.8 Å². The maximum absolute atomic E-state index is 13.3. The summed E-state index contributed by atoms with van der Waals surface area (Å²) >= 11 is 0. The van der Waals surface area contributed by atoms with Gasteiger partial charge in [-0.15, -0.1) is 0 Å². The number of carbonyl (C=O) groups is 2. The Morgan fingerprint density at radius 1 is 0.970 bits per heavy atom. The largest absolute Gasteiger partial charge is 0.507 e. The van der Waals surface area contributed by atoms with E-state index in [0.29, 0.717) is 22.9 Å². The fourth-order valence-corrected chi connectivity index (χ4v) is 4.18. The number of ether oxygens (including phenoxy) is 1. The van der Waals surface area contributed by atoms with Crippen molar-refractivity contribution < 1.29 is 19.4 Å². The van der Waals surface area contributed by atoms with E-state index in [1.165, 1.54) is 4.90 Å². The molecule has 0 aromatic heterocycles. The zero-order chi connectivity index (χ0) is 23.7. The molecule has 1 aliphatic rings. The summed E-state index contributed by atoms with van der Waals surface area (Å²) in [4.78, 5) is 28.0. The van der Waals surface area contributed by atoms with Crippen LogP contribution in [0.4, 0.5) is 5.69 Å². The number of hydrogen-bond acceptors (Lipinski definition) is 4. The minimum Gasteiger partial charge on any atom is -0.507 e. The van der Waals surface area contributed by atoms with E-state index in [-0.39, 0.29) is 11.3 Å². The van der Waals surface area contributed by atoms with E-state index in [1.54, 1.807) is 31.4 Å². The van der Waals surface area contributed by atoms with Gasteiger partial charge in [-0.3, -0.25) is 14.5 Å².